The van der Waals surface area contributed by atoms with Crippen molar-refractivity contribution >= 4 is 16.8 Å². The van der Waals surface area contributed by atoms with Crippen LogP contribution < -0.4 is 16.6 Å². The third kappa shape index (κ3) is 4.26. The molecule has 1 aromatic heterocycles. The van der Waals surface area contributed by atoms with Gasteiger partial charge in [-0.3, -0.25) is 18.7 Å². The van der Waals surface area contributed by atoms with Crippen molar-refractivity contribution in [2.75, 3.05) is 6.54 Å². The van der Waals surface area contributed by atoms with Gasteiger partial charge in [0.2, 0.25) is 5.91 Å². The first-order chi connectivity index (χ1) is 13.5. The molecular weight excluding hydrogens is 354 g/mol. The molecule has 1 aliphatic carbocycles. The predicted octanol–water partition coefficient (Wildman–Crippen LogP) is 3.14. The summed E-state index contributed by atoms with van der Waals surface area (Å²) >= 11 is 0. The molecule has 0 radical (unpaired) electrons. The van der Waals surface area contributed by atoms with Crippen LogP contribution in [0.4, 0.5) is 0 Å². The monoisotopic (exact) mass is 383 g/mol. The smallest absolute Gasteiger partial charge is 0.332 e. The quantitative estimate of drug-likeness (QED) is 0.747. The van der Waals surface area contributed by atoms with E-state index >= 15 is 0 Å². The highest BCUT2D eigenvalue weighted by molar-refractivity contribution is 5.81. The first-order valence-corrected chi connectivity index (χ1v) is 10.2. The van der Waals surface area contributed by atoms with Crippen molar-refractivity contribution in [1.29, 1.82) is 0 Å². The maximum atomic E-state index is 13.0. The van der Waals surface area contributed by atoms with Crippen molar-refractivity contribution in [3.63, 3.8) is 0 Å². The summed E-state index contributed by atoms with van der Waals surface area (Å²) in [5.41, 5.74) is 1.18. The van der Waals surface area contributed by atoms with E-state index in [1.54, 1.807) is 24.3 Å². The number of carbonyl (C=O) groups is 1. The maximum absolute atomic E-state index is 13.0. The van der Waals surface area contributed by atoms with E-state index in [-0.39, 0.29) is 24.1 Å². The summed E-state index contributed by atoms with van der Waals surface area (Å²) in [6.07, 6.45) is 8.50. The van der Waals surface area contributed by atoms with E-state index < -0.39 is 5.69 Å². The van der Waals surface area contributed by atoms with Crippen LogP contribution in [0.3, 0.4) is 0 Å². The topological polar surface area (TPSA) is 73.1 Å². The van der Waals surface area contributed by atoms with Crippen molar-refractivity contribution in [3.05, 3.63) is 56.8 Å². The summed E-state index contributed by atoms with van der Waals surface area (Å²) in [6, 6.07) is 6.76. The molecule has 2 aromatic rings. The number of hydrogen-bond acceptors (Lipinski definition) is 3. The molecule has 0 saturated heterocycles. The van der Waals surface area contributed by atoms with Gasteiger partial charge in [-0.1, -0.05) is 30.7 Å². The van der Waals surface area contributed by atoms with Gasteiger partial charge < -0.3 is 5.32 Å². The number of hydrogen-bond donors (Lipinski definition) is 1. The molecular formula is C22H29N3O3. The van der Waals surface area contributed by atoms with Gasteiger partial charge >= 0.3 is 5.69 Å². The number of nitrogens with one attached hydrogen (secondary N) is 1. The lowest BCUT2D eigenvalue weighted by atomic mass is 9.97. The van der Waals surface area contributed by atoms with E-state index in [9.17, 15) is 14.4 Å². The normalized spacial score (nSPS) is 15.3. The first kappa shape index (κ1) is 20.1. The lowest BCUT2D eigenvalue weighted by Crippen LogP contribution is -2.43. The summed E-state index contributed by atoms with van der Waals surface area (Å²) in [7, 11) is 0. The van der Waals surface area contributed by atoms with Gasteiger partial charge in [0, 0.05) is 12.6 Å². The summed E-state index contributed by atoms with van der Waals surface area (Å²) in [5, 5.41) is 3.38. The van der Waals surface area contributed by atoms with Crippen molar-refractivity contribution in [2.45, 2.75) is 65.0 Å². The fourth-order valence-electron chi connectivity index (χ4n) is 3.76. The van der Waals surface area contributed by atoms with Gasteiger partial charge in [0.05, 0.1) is 10.9 Å². The maximum Gasteiger partial charge on any atom is 0.332 e. The molecule has 1 heterocycles. The van der Waals surface area contributed by atoms with Crippen LogP contribution in [-0.4, -0.2) is 21.6 Å². The molecule has 3 rings (SSSR count). The summed E-state index contributed by atoms with van der Waals surface area (Å²) in [6.45, 7) is 4.26. The van der Waals surface area contributed by atoms with Gasteiger partial charge in [0.15, 0.2) is 0 Å². The number of nitrogens with zero attached hydrogens (tertiary/aromatic N) is 2. The molecule has 0 saturated carbocycles. The van der Waals surface area contributed by atoms with Gasteiger partial charge in [-0.15, -0.1) is 0 Å². The highest BCUT2D eigenvalue weighted by Crippen LogP contribution is 2.19. The van der Waals surface area contributed by atoms with E-state index in [1.807, 2.05) is 13.8 Å². The second kappa shape index (κ2) is 9.04. The number of para-hydroxylation sites is 1. The van der Waals surface area contributed by atoms with Gasteiger partial charge in [-0.2, -0.15) is 0 Å². The van der Waals surface area contributed by atoms with E-state index in [2.05, 4.69) is 11.4 Å². The Kier molecular flexibility index (Phi) is 6.49. The molecule has 6 nitrogen and oxygen atoms in total. The zero-order chi connectivity index (χ0) is 20.1. The lowest BCUT2D eigenvalue weighted by molar-refractivity contribution is -0.121. The standard InChI is InChI=1S/C22H29N3O3/c1-3-16(2)25-21(27)18-11-7-8-12-19(18)24(22(25)28)15-20(26)23-14-13-17-9-5-4-6-10-17/h7-9,11-12,16H,3-6,10,13-15H2,1-2H3,(H,23,26). The molecule has 1 N–H and O–H groups in total. The molecule has 1 unspecified atom stereocenters. The Hall–Kier alpha value is -2.63. The minimum absolute atomic E-state index is 0.0882. The van der Waals surface area contributed by atoms with E-state index in [0.717, 1.165) is 19.3 Å². The number of amides is 1. The molecule has 150 valence electrons. The molecule has 28 heavy (non-hydrogen) atoms. The van der Waals surface area contributed by atoms with Crippen LogP contribution >= 0.6 is 0 Å². The highest BCUT2D eigenvalue weighted by Gasteiger charge is 2.17. The Labute approximate surface area is 164 Å². The van der Waals surface area contributed by atoms with Crippen molar-refractivity contribution in [2.24, 2.45) is 0 Å². The van der Waals surface area contributed by atoms with Crippen molar-refractivity contribution in [3.8, 4) is 0 Å². The molecule has 0 spiro atoms. The fourth-order valence-corrected chi connectivity index (χ4v) is 3.76. The molecule has 1 amide bonds. The van der Waals surface area contributed by atoms with Gasteiger partial charge in [-0.05, 0) is 57.6 Å². The number of benzene rings is 1. The minimum Gasteiger partial charge on any atom is -0.354 e. The highest BCUT2D eigenvalue weighted by atomic mass is 16.2. The first-order valence-electron chi connectivity index (χ1n) is 10.2. The van der Waals surface area contributed by atoms with Gasteiger partial charge in [0.25, 0.3) is 5.56 Å². The van der Waals surface area contributed by atoms with Crippen molar-refractivity contribution < 1.29 is 4.79 Å². The zero-order valence-corrected chi connectivity index (χ0v) is 16.7. The molecule has 6 heteroatoms. The van der Waals surface area contributed by atoms with Gasteiger partial charge in [-0.25, -0.2) is 4.79 Å². The molecule has 0 aliphatic heterocycles. The van der Waals surface area contributed by atoms with E-state index in [0.29, 0.717) is 23.9 Å². The number of fused-ring (bicyclic) bond motifs is 1. The molecule has 1 atom stereocenters. The van der Waals surface area contributed by atoms with Crippen LogP contribution in [0.5, 0.6) is 0 Å². The summed E-state index contributed by atoms with van der Waals surface area (Å²) < 4.78 is 2.68. The van der Waals surface area contributed by atoms with Crippen LogP contribution in [0, 0.1) is 0 Å². The Morgan fingerprint density at radius 2 is 2.00 bits per heavy atom. The number of aromatic nitrogens is 2. The zero-order valence-electron chi connectivity index (χ0n) is 16.7. The Bertz CT molecular complexity index is 1000. The average Bonchev–Trinajstić information content (AvgIpc) is 2.72. The Morgan fingerprint density at radius 3 is 2.71 bits per heavy atom. The largest absolute Gasteiger partial charge is 0.354 e. The average molecular weight is 383 g/mol. The van der Waals surface area contributed by atoms with Crippen LogP contribution in [0.2, 0.25) is 0 Å². The van der Waals surface area contributed by atoms with Crippen LogP contribution in [-0.2, 0) is 11.3 Å². The molecule has 0 fully saturated rings. The minimum atomic E-state index is -0.428. The summed E-state index contributed by atoms with van der Waals surface area (Å²) in [5.74, 6) is -0.210. The Balaban J connectivity index is 1.83. The van der Waals surface area contributed by atoms with Crippen LogP contribution in [0.25, 0.3) is 10.9 Å². The van der Waals surface area contributed by atoms with Crippen LogP contribution in [0.15, 0.2) is 45.5 Å². The molecule has 1 aliphatic rings. The SMILES string of the molecule is CCC(C)n1c(=O)c2ccccc2n(CC(=O)NCCC2=CCCCC2)c1=O. The number of rotatable bonds is 7. The molecule has 1 aromatic carbocycles. The molecule has 0 bridgehead atoms. The van der Waals surface area contributed by atoms with Crippen LogP contribution in [0.1, 0.15) is 58.4 Å². The summed E-state index contributed by atoms with van der Waals surface area (Å²) in [4.78, 5) is 38.3. The number of carbonyl (C=O) groups excluding carboxylic acids is 1. The fraction of sp³-hybridized carbons (Fsp3) is 0.500. The van der Waals surface area contributed by atoms with E-state index in [4.69, 9.17) is 0 Å². The third-order valence-electron chi connectivity index (χ3n) is 5.57. The van der Waals surface area contributed by atoms with E-state index in [1.165, 1.54) is 27.5 Å². The van der Waals surface area contributed by atoms with Crippen molar-refractivity contribution in [1.82, 2.24) is 14.5 Å². The number of allylic oxidation sites excluding steroid dienone is 1. The Morgan fingerprint density at radius 1 is 1.21 bits per heavy atom. The third-order valence-corrected chi connectivity index (χ3v) is 5.57. The second-order valence-electron chi connectivity index (χ2n) is 7.53. The predicted molar refractivity (Wildman–Crippen MR) is 112 cm³/mol. The van der Waals surface area contributed by atoms with Gasteiger partial charge in [0.1, 0.15) is 6.54 Å². The second-order valence-corrected chi connectivity index (χ2v) is 7.53. The lowest BCUT2D eigenvalue weighted by Gasteiger charge is -2.17.